The Morgan fingerprint density at radius 3 is 2.15 bits per heavy atom. The second-order valence-corrected chi connectivity index (χ2v) is 6.54. The molecule has 4 rings (SSSR count). The van der Waals surface area contributed by atoms with Crippen molar-refractivity contribution < 1.29 is 9.13 Å². The van der Waals surface area contributed by atoms with Gasteiger partial charge in [-0.1, -0.05) is 0 Å². The van der Waals surface area contributed by atoms with E-state index in [1.807, 2.05) is 19.2 Å². The third kappa shape index (κ3) is 3.58. The normalized spacial score (nSPS) is 14.5. The lowest BCUT2D eigenvalue weighted by atomic mass is 10.2. The molecule has 0 spiro atoms. The number of aryl methyl sites for hydroxylation is 1. The Kier molecular flexibility index (Phi) is 4.66. The van der Waals surface area contributed by atoms with Gasteiger partial charge in [-0.25, -0.2) is 9.07 Å². The van der Waals surface area contributed by atoms with E-state index in [1.54, 1.807) is 23.9 Å². The molecule has 0 saturated carbocycles. The summed E-state index contributed by atoms with van der Waals surface area (Å²) in [5.41, 5.74) is 2.05. The maximum atomic E-state index is 13.2. The quantitative estimate of drug-likeness (QED) is 0.710. The molecule has 0 amide bonds. The molecule has 1 saturated heterocycles. The predicted octanol–water partition coefficient (Wildman–Crippen LogP) is 2.96. The molecule has 0 bridgehead atoms. The molecular weight excluding hydrogens is 345 g/mol. The highest BCUT2D eigenvalue weighted by Gasteiger charge is 2.21. The van der Waals surface area contributed by atoms with Crippen LogP contribution in [-0.4, -0.2) is 48.1 Å². The summed E-state index contributed by atoms with van der Waals surface area (Å²) in [7, 11) is 3.54. The zero-order chi connectivity index (χ0) is 18.8. The molecule has 0 unspecified atom stereocenters. The van der Waals surface area contributed by atoms with Crippen molar-refractivity contribution >= 4 is 11.6 Å². The number of rotatable bonds is 4. The summed E-state index contributed by atoms with van der Waals surface area (Å²) in [6.45, 7) is 3.49. The number of benzene rings is 2. The first-order chi connectivity index (χ1) is 13.1. The Morgan fingerprint density at radius 2 is 1.52 bits per heavy atom. The first-order valence-electron chi connectivity index (χ1n) is 8.95. The minimum atomic E-state index is -0.254. The van der Waals surface area contributed by atoms with Gasteiger partial charge in [0.2, 0.25) is 5.95 Å². The van der Waals surface area contributed by atoms with Crippen molar-refractivity contribution in [1.82, 2.24) is 14.8 Å². The molecule has 6 nitrogen and oxygen atoms in total. The number of hydrogen-bond donors (Lipinski definition) is 0. The fraction of sp³-hybridized carbons (Fsp3) is 0.300. The third-order valence-electron chi connectivity index (χ3n) is 4.85. The highest BCUT2D eigenvalue weighted by molar-refractivity contribution is 5.57. The van der Waals surface area contributed by atoms with Crippen molar-refractivity contribution in [2.75, 3.05) is 43.1 Å². The van der Waals surface area contributed by atoms with Crippen LogP contribution in [0, 0.1) is 5.82 Å². The number of ether oxygens (including phenoxy) is 1. The molecule has 0 atom stereocenters. The van der Waals surface area contributed by atoms with Crippen LogP contribution in [0.25, 0.3) is 11.4 Å². The molecule has 1 aromatic heterocycles. The molecule has 0 radical (unpaired) electrons. The topological polar surface area (TPSA) is 46.4 Å². The van der Waals surface area contributed by atoms with Crippen LogP contribution in [0.15, 0.2) is 48.5 Å². The second-order valence-electron chi connectivity index (χ2n) is 6.54. The van der Waals surface area contributed by atoms with Crippen LogP contribution >= 0.6 is 0 Å². The van der Waals surface area contributed by atoms with E-state index in [4.69, 9.17) is 4.74 Å². The largest absolute Gasteiger partial charge is 0.497 e. The number of halogens is 1. The number of hydrogen-bond acceptors (Lipinski definition) is 5. The average molecular weight is 367 g/mol. The van der Waals surface area contributed by atoms with Gasteiger partial charge in [-0.2, -0.15) is 4.98 Å². The van der Waals surface area contributed by atoms with Gasteiger partial charge in [-0.15, -0.1) is 5.10 Å². The average Bonchev–Trinajstić information content (AvgIpc) is 3.10. The Morgan fingerprint density at radius 1 is 0.889 bits per heavy atom. The fourth-order valence-corrected chi connectivity index (χ4v) is 3.31. The summed E-state index contributed by atoms with van der Waals surface area (Å²) in [5, 5.41) is 4.56. The van der Waals surface area contributed by atoms with Crippen LogP contribution in [0.1, 0.15) is 0 Å². The van der Waals surface area contributed by atoms with Gasteiger partial charge < -0.3 is 14.5 Å². The highest BCUT2D eigenvalue weighted by atomic mass is 19.1. The smallest absolute Gasteiger partial charge is 0.245 e. The van der Waals surface area contributed by atoms with E-state index in [0.717, 1.165) is 43.3 Å². The Bertz CT molecular complexity index is 899. The summed E-state index contributed by atoms with van der Waals surface area (Å²) in [6, 6.07) is 14.5. The molecule has 1 aliphatic rings. The number of methoxy groups -OCH3 is 1. The van der Waals surface area contributed by atoms with E-state index in [9.17, 15) is 4.39 Å². The summed E-state index contributed by atoms with van der Waals surface area (Å²) < 4.78 is 20.1. The van der Waals surface area contributed by atoms with Gasteiger partial charge >= 0.3 is 0 Å². The molecule has 1 aliphatic heterocycles. The molecular formula is C20H22FN5O. The number of nitrogens with zero attached hydrogens (tertiary/aromatic N) is 5. The lowest BCUT2D eigenvalue weighted by Crippen LogP contribution is -2.47. The molecule has 140 valence electrons. The molecule has 3 aromatic rings. The monoisotopic (exact) mass is 367 g/mol. The molecule has 2 aromatic carbocycles. The molecule has 0 aliphatic carbocycles. The zero-order valence-corrected chi connectivity index (χ0v) is 15.5. The van der Waals surface area contributed by atoms with E-state index in [1.165, 1.54) is 17.8 Å². The number of piperazine rings is 1. The first kappa shape index (κ1) is 17.3. The second kappa shape index (κ2) is 7.26. The van der Waals surface area contributed by atoms with Crippen molar-refractivity contribution in [2.45, 2.75) is 0 Å². The van der Waals surface area contributed by atoms with Crippen molar-refractivity contribution in [1.29, 1.82) is 0 Å². The van der Waals surface area contributed by atoms with E-state index in [-0.39, 0.29) is 5.82 Å². The first-order valence-corrected chi connectivity index (χ1v) is 8.95. The van der Waals surface area contributed by atoms with E-state index in [0.29, 0.717) is 5.95 Å². The predicted molar refractivity (Wildman–Crippen MR) is 104 cm³/mol. The minimum absolute atomic E-state index is 0.254. The van der Waals surface area contributed by atoms with Crippen LogP contribution in [0.3, 0.4) is 0 Å². The van der Waals surface area contributed by atoms with Crippen LogP contribution in [0.4, 0.5) is 16.0 Å². The van der Waals surface area contributed by atoms with Crippen LogP contribution in [0.5, 0.6) is 5.75 Å². The van der Waals surface area contributed by atoms with E-state index in [2.05, 4.69) is 32.0 Å². The molecule has 0 N–H and O–H groups in total. The van der Waals surface area contributed by atoms with Crippen molar-refractivity contribution in [2.24, 2.45) is 7.05 Å². The van der Waals surface area contributed by atoms with Crippen LogP contribution in [-0.2, 0) is 7.05 Å². The molecule has 1 fully saturated rings. The zero-order valence-electron chi connectivity index (χ0n) is 15.5. The highest BCUT2D eigenvalue weighted by Crippen LogP contribution is 2.24. The van der Waals surface area contributed by atoms with Gasteiger partial charge in [-0.05, 0) is 48.5 Å². The Labute approximate surface area is 157 Å². The number of aromatic nitrogens is 3. The van der Waals surface area contributed by atoms with Gasteiger partial charge in [0.05, 0.1) is 7.11 Å². The lowest BCUT2D eigenvalue weighted by Gasteiger charge is -2.35. The Hall–Kier alpha value is -3.09. The molecule has 7 heteroatoms. The summed E-state index contributed by atoms with van der Waals surface area (Å²) in [5.74, 6) is 2.06. The van der Waals surface area contributed by atoms with Gasteiger partial charge in [-0.3, -0.25) is 0 Å². The van der Waals surface area contributed by atoms with E-state index < -0.39 is 0 Å². The summed E-state index contributed by atoms with van der Waals surface area (Å²) in [6.07, 6.45) is 0. The SMILES string of the molecule is COc1ccc(N2CCN(c3nc(-c4ccc(F)cc4)n(C)n3)CC2)cc1. The van der Waals surface area contributed by atoms with Gasteiger partial charge in [0, 0.05) is 44.5 Å². The third-order valence-corrected chi connectivity index (χ3v) is 4.85. The van der Waals surface area contributed by atoms with Crippen LogP contribution in [0.2, 0.25) is 0 Å². The Balaban J connectivity index is 1.45. The fourth-order valence-electron chi connectivity index (χ4n) is 3.31. The summed E-state index contributed by atoms with van der Waals surface area (Å²) >= 11 is 0. The maximum absolute atomic E-state index is 13.2. The van der Waals surface area contributed by atoms with Gasteiger partial charge in [0.25, 0.3) is 0 Å². The summed E-state index contributed by atoms with van der Waals surface area (Å²) in [4.78, 5) is 9.21. The van der Waals surface area contributed by atoms with Crippen LogP contribution < -0.4 is 14.5 Å². The van der Waals surface area contributed by atoms with Crippen molar-refractivity contribution in [3.05, 3.63) is 54.3 Å². The lowest BCUT2D eigenvalue weighted by molar-refractivity contribution is 0.415. The van der Waals surface area contributed by atoms with Gasteiger partial charge in [0.15, 0.2) is 5.82 Å². The number of anilines is 2. The molecule has 27 heavy (non-hydrogen) atoms. The van der Waals surface area contributed by atoms with Crippen molar-refractivity contribution in [3.8, 4) is 17.1 Å². The standard InChI is InChI=1S/C20H22FN5O/c1-24-19(15-3-5-16(21)6-4-15)22-20(23-24)26-13-11-25(12-14-26)17-7-9-18(27-2)10-8-17/h3-10H,11-14H2,1-2H3. The maximum Gasteiger partial charge on any atom is 0.245 e. The van der Waals surface area contributed by atoms with E-state index >= 15 is 0 Å². The van der Waals surface area contributed by atoms with Gasteiger partial charge in [0.1, 0.15) is 11.6 Å². The molecule has 2 heterocycles. The minimum Gasteiger partial charge on any atom is -0.497 e. The van der Waals surface area contributed by atoms with Crippen molar-refractivity contribution in [3.63, 3.8) is 0 Å².